The van der Waals surface area contributed by atoms with E-state index >= 15 is 0 Å². The molecule has 0 atom stereocenters. The molecule has 0 spiro atoms. The van der Waals surface area contributed by atoms with Gasteiger partial charge in [0, 0.05) is 6.04 Å². The molecule has 2 aromatic rings. The van der Waals surface area contributed by atoms with Crippen molar-refractivity contribution in [1.82, 2.24) is 4.98 Å². The van der Waals surface area contributed by atoms with E-state index in [1.807, 2.05) is 0 Å². The largest absolute Gasteiger partial charge is 0.496 e. The molecule has 3 rings (SSSR count). The van der Waals surface area contributed by atoms with Gasteiger partial charge < -0.3 is 21.1 Å². The number of ether oxygens (including phenoxy) is 1. The van der Waals surface area contributed by atoms with Crippen molar-refractivity contribution in [2.75, 3.05) is 17.7 Å². The molecule has 8 heteroatoms. The summed E-state index contributed by atoms with van der Waals surface area (Å²) in [6.07, 6.45) is 2.16. The highest BCUT2D eigenvalue weighted by atomic mass is 32.1. The Balaban J connectivity index is 1.84. The number of methoxy groups -OCH3 is 1. The van der Waals surface area contributed by atoms with Crippen LogP contribution in [0.5, 0.6) is 5.75 Å². The minimum absolute atomic E-state index is 0.0568. The van der Waals surface area contributed by atoms with Crippen LogP contribution in [0.3, 0.4) is 0 Å². The molecule has 1 fully saturated rings. The van der Waals surface area contributed by atoms with Gasteiger partial charge >= 0.3 is 0 Å². The lowest BCUT2D eigenvalue weighted by Gasteiger charge is -2.08. The zero-order valence-electron chi connectivity index (χ0n) is 12.5. The lowest BCUT2D eigenvalue weighted by molar-refractivity contribution is 0.0997. The van der Waals surface area contributed by atoms with Crippen molar-refractivity contribution >= 4 is 33.3 Å². The van der Waals surface area contributed by atoms with Gasteiger partial charge in [0.15, 0.2) is 10.8 Å². The Labute approximate surface area is 136 Å². The van der Waals surface area contributed by atoms with Gasteiger partial charge in [-0.1, -0.05) is 23.5 Å². The second-order valence-electron chi connectivity index (χ2n) is 5.13. The van der Waals surface area contributed by atoms with Crippen LogP contribution in [-0.4, -0.2) is 29.9 Å². The maximum atomic E-state index is 12.4. The Bertz CT molecular complexity index is 755. The number of thiazole rings is 1. The molecule has 4 N–H and O–H groups in total. The molecule has 1 aromatic carbocycles. The van der Waals surface area contributed by atoms with Gasteiger partial charge in [-0.2, -0.15) is 0 Å². The quantitative estimate of drug-likeness (QED) is 0.751. The minimum Gasteiger partial charge on any atom is -0.496 e. The third kappa shape index (κ3) is 3.42. The molecule has 1 heterocycles. The van der Waals surface area contributed by atoms with Crippen LogP contribution in [0.25, 0.3) is 0 Å². The van der Waals surface area contributed by atoms with Crippen molar-refractivity contribution < 1.29 is 14.3 Å². The SMILES string of the molecule is COc1ccccc1C(=O)Nc1sc(NC2CC2)nc1C(N)=O. The fraction of sp³-hybridized carbons (Fsp3) is 0.267. The molecule has 2 amide bonds. The molecule has 0 bridgehead atoms. The van der Waals surface area contributed by atoms with Crippen LogP contribution >= 0.6 is 11.3 Å². The van der Waals surface area contributed by atoms with Crippen molar-refractivity contribution in [2.45, 2.75) is 18.9 Å². The number of amides is 2. The number of primary amides is 1. The van der Waals surface area contributed by atoms with Gasteiger partial charge in [-0.05, 0) is 25.0 Å². The fourth-order valence-electron chi connectivity index (χ4n) is 2.04. The third-order valence-electron chi connectivity index (χ3n) is 3.34. The number of hydrogen-bond acceptors (Lipinski definition) is 6. The Kier molecular flexibility index (Phi) is 4.16. The van der Waals surface area contributed by atoms with Gasteiger partial charge in [0.05, 0.1) is 12.7 Å². The normalized spacial score (nSPS) is 13.4. The zero-order valence-corrected chi connectivity index (χ0v) is 13.3. The van der Waals surface area contributed by atoms with Gasteiger partial charge in [-0.15, -0.1) is 0 Å². The Morgan fingerprint density at radius 1 is 1.35 bits per heavy atom. The van der Waals surface area contributed by atoms with E-state index in [0.717, 1.165) is 12.8 Å². The molecule has 1 saturated carbocycles. The van der Waals surface area contributed by atoms with E-state index in [1.165, 1.54) is 18.4 Å². The summed E-state index contributed by atoms with van der Waals surface area (Å²) in [6, 6.07) is 7.23. The summed E-state index contributed by atoms with van der Waals surface area (Å²) in [4.78, 5) is 28.1. The van der Waals surface area contributed by atoms with Crippen molar-refractivity contribution in [2.24, 2.45) is 5.73 Å². The molecule has 7 nitrogen and oxygen atoms in total. The molecule has 1 aromatic heterocycles. The number of nitrogens with two attached hydrogens (primary N) is 1. The Morgan fingerprint density at radius 2 is 2.09 bits per heavy atom. The van der Waals surface area contributed by atoms with Crippen LogP contribution in [0.1, 0.15) is 33.7 Å². The first kappa shape index (κ1) is 15.3. The van der Waals surface area contributed by atoms with Crippen LogP contribution in [0.15, 0.2) is 24.3 Å². The Hall–Kier alpha value is -2.61. The molecular weight excluding hydrogens is 316 g/mol. The first-order valence-electron chi connectivity index (χ1n) is 7.10. The number of benzene rings is 1. The molecule has 0 saturated heterocycles. The Morgan fingerprint density at radius 3 is 2.74 bits per heavy atom. The first-order chi connectivity index (χ1) is 11.1. The molecule has 0 unspecified atom stereocenters. The summed E-state index contributed by atoms with van der Waals surface area (Å²) in [6.45, 7) is 0. The highest BCUT2D eigenvalue weighted by molar-refractivity contribution is 7.20. The molecular formula is C15H16N4O3S. The van der Waals surface area contributed by atoms with Crippen molar-refractivity contribution in [3.05, 3.63) is 35.5 Å². The molecule has 23 heavy (non-hydrogen) atoms. The van der Waals surface area contributed by atoms with Crippen LogP contribution in [0.2, 0.25) is 0 Å². The van der Waals surface area contributed by atoms with Crippen molar-refractivity contribution in [3.8, 4) is 5.75 Å². The number of carbonyl (C=O) groups excluding carboxylic acids is 2. The zero-order chi connectivity index (χ0) is 16.4. The predicted octanol–water partition coefficient (Wildman–Crippen LogP) is 2.08. The van der Waals surface area contributed by atoms with Gasteiger partial charge in [-0.3, -0.25) is 9.59 Å². The summed E-state index contributed by atoms with van der Waals surface area (Å²) in [5.74, 6) is -0.613. The lowest BCUT2D eigenvalue weighted by Crippen LogP contribution is -2.18. The summed E-state index contributed by atoms with van der Waals surface area (Å²) in [7, 11) is 1.49. The van der Waals surface area contributed by atoms with Crippen LogP contribution < -0.4 is 21.1 Å². The average Bonchev–Trinajstić information content (AvgIpc) is 3.26. The van der Waals surface area contributed by atoms with Gasteiger partial charge in [0.25, 0.3) is 11.8 Å². The average molecular weight is 332 g/mol. The van der Waals surface area contributed by atoms with Gasteiger partial charge in [-0.25, -0.2) is 4.98 Å². The highest BCUT2D eigenvalue weighted by Gasteiger charge is 2.25. The van der Waals surface area contributed by atoms with Crippen LogP contribution in [-0.2, 0) is 0 Å². The molecule has 120 valence electrons. The number of hydrogen-bond donors (Lipinski definition) is 3. The number of rotatable bonds is 6. The second kappa shape index (κ2) is 6.25. The highest BCUT2D eigenvalue weighted by Crippen LogP contribution is 2.33. The van der Waals surface area contributed by atoms with Crippen LogP contribution in [0, 0.1) is 0 Å². The number of aromatic nitrogens is 1. The van der Waals surface area contributed by atoms with Gasteiger partial charge in [0.2, 0.25) is 0 Å². The maximum absolute atomic E-state index is 12.4. The summed E-state index contributed by atoms with van der Waals surface area (Å²) >= 11 is 1.20. The standard InChI is InChI=1S/C15H16N4O3S/c1-22-10-5-3-2-4-9(10)13(21)19-14-11(12(16)20)18-15(23-14)17-8-6-7-8/h2-5,8H,6-7H2,1H3,(H2,16,20)(H,17,18)(H,19,21). The van der Waals surface area contributed by atoms with E-state index in [-0.39, 0.29) is 11.6 Å². The number of carbonyl (C=O) groups is 2. The monoisotopic (exact) mass is 332 g/mol. The topological polar surface area (TPSA) is 106 Å². The van der Waals surface area contributed by atoms with Crippen molar-refractivity contribution in [1.29, 1.82) is 0 Å². The van der Waals surface area contributed by atoms with Crippen molar-refractivity contribution in [3.63, 3.8) is 0 Å². The van der Waals surface area contributed by atoms with E-state index < -0.39 is 5.91 Å². The predicted molar refractivity (Wildman–Crippen MR) is 88.2 cm³/mol. The number of nitrogens with zero attached hydrogens (tertiary/aromatic N) is 1. The number of anilines is 2. The molecule has 1 aliphatic carbocycles. The van der Waals surface area contributed by atoms with E-state index in [1.54, 1.807) is 24.3 Å². The van der Waals surface area contributed by atoms with E-state index in [0.29, 0.717) is 27.5 Å². The molecule has 0 radical (unpaired) electrons. The third-order valence-corrected chi connectivity index (χ3v) is 4.25. The number of para-hydroxylation sites is 1. The number of nitrogens with one attached hydrogen (secondary N) is 2. The molecule has 1 aliphatic rings. The first-order valence-corrected chi connectivity index (χ1v) is 7.91. The summed E-state index contributed by atoms with van der Waals surface area (Å²) in [5, 5.41) is 6.79. The fourth-order valence-corrected chi connectivity index (χ4v) is 2.98. The van der Waals surface area contributed by atoms with Crippen LogP contribution in [0.4, 0.5) is 10.1 Å². The second-order valence-corrected chi connectivity index (χ2v) is 6.13. The summed E-state index contributed by atoms with van der Waals surface area (Å²) in [5.41, 5.74) is 5.77. The lowest BCUT2D eigenvalue weighted by atomic mass is 10.2. The molecule has 0 aliphatic heterocycles. The van der Waals surface area contributed by atoms with Gasteiger partial charge in [0.1, 0.15) is 10.8 Å². The van der Waals surface area contributed by atoms with E-state index in [4.69, 9.17) is 10.5 Å². The minimum atomic E-state index is -0.680. The summed E-state index contributed by atoms with van der Waals surface area (Å²) < 4.78 is 5.17. The maximum Gasteiger partial charge on any atom is 0.270 e. The van der Waals surface area contributed by atoms with E-state index in [9.17, 15) is 9.59 Å². The smallest absolute Gasteiger partial charge is 0.270 e. The van der Waals surface area contributed by atoms with E-state index in [2.05, 4.69) is 15.6 Å².